The molecule has 152 valence electrons. The lowest BCUT2D eigenvalue weighted by atomic mass is 9.52. The summed E-state index contributed by atoms with van der Waals surface area (Å²) in [7, 11) is 0. The van der Waals surface area contributed by atoms with Crippen LogP contribution in [0.4, 0.5) is 11.4 Å². The average molecular weight is 387 g/mol. The molecule has 8 aliphatic carbocycles. The largest absolute Gasteiger partial charge is 0.334 e. The maximum Gasteiger partial charge on any atom is 0.209 e. The van der Waals surface area contributed by atoms with Crippen LogP contribution < -0.4 is 9.80 Å². The summed E-state index contributed by atoms with van der Waals surface area (Å²) in [5.41, 5.74) is 3.74. The summed E-state index contributed by atoms with van der Waals surface area (Å²) in [6, 6.07) is 9.39. The first-order chi connectivity index (χ1) is 14.2. The minimum atomic E-state index is 0.377. The van der Waals surface area contributed by atoms with Gasteiger partial charge in [-0.25, -0.2) is 0 Å². The van der Waals surface area contributed by atoms with Crippen molar-refractivity contribution in [1.82, 2.24) is 0 Å². The fourth-order valence-corrected chi connectivity index (χ4v) is 10.5. The molecule has 10 rings (SSSR count). The second kappa shape index (κ2) is 5.35. The van der Waals surface area contributed by atoms with Gasteiger partial charge in [-0.05, 0) is 125 Å². The maximum absolute atomic E-state index is 4.14. The van der Waals surface area contributed by atoms with Crippen molar-refractivity contribution in [2.45, 2.75) is 88.1 Å². The van der Waals surface area contributed by atoms with Gasteiger partial charge in [0.25, 0.3) is 0 Å². The Bertz CT molecular complexity index is 716. The van der Waals surface area contributed by atoms with Crippen LogP contribution in [0.2, 0.25) is 0 Å². The molecule has 0 saturated heterocycles. The molecule has 1 heterocycles. The number of nitrogens with zero attached hydrogens (tertiary/aromatic N) is 2. The third-order valence-electron chi connectivity index (χ3n) is 10.5. The van der Waals surface area contributed by atoms with E-state index in [1.165, 1.54) is 88.4 Å². The van der Waals surface area contributed by atoms with Gasteiger partial charge in [-0.2, -0.15) is 0 Å². The molecular formula is C27H34N2. The van der Waals surface area contributed by atoms with Crippen molar-refractivity contribution in [2.75, 3.05) is 9.80 Å². The van der Waals surface area contributed by atoms with E-state index in [1.54, 1.807) is 0 Å². The molecule has 0 amide bonds. The molecule has 29 heavy (non-hydrogen) atoms. The van der Waals surface area contributed by atoms with Crippen LogP contribution in [0.5, 0.6) is 0 Å². The topological polar surface area (TPSA) is 6.48 Å². The quantitative estimate of drug-likeness (QED) is 0.593. The minimum Gasteiger partial charge on any atom is -0.334 e. The zero-order chi connectivity index (χ0) is 18.8. The van der Waals surface area contributed by atoms with Crippen LogP contribution in [0.25, 0.3) is 0 Å². The molecule has 8 fully saturated rings. The number of fused-ring (bicyclic) bond motifs is 1. The molecule has 0 unspecified atom stereocenters. The number of rotatable bonds is 2. The lowest BCUT2D eigenvalue weighted by Crippen LogP contribution is -2.62. The highest BCUT2D eigenvalue weighted by atomic mass is 15.4. The first-order valence-corrected chi connectivity index (χ1v) is 12.6. The van der Waals surface area contributed by atoms with Crippen LogP contribution in [-0.4, -0.2) is 11.1 Å². The van der Waals surface area contributed by atoms with Gasteiger partial charge < -0.3 is 9.80 Å². The average Bonchev–Trinajstić information content (AvgIpc) is 3.07. The van der Waals surface area contributed by atoms with E-state index in [2.05, 4.69) is 40.7 Å². The summed E-state index contributed by atoms with van der Waals surface area (Å²) in [5, 5.41) is 0. The van der Waals surface area contributed by atoms with Gasteiger partial charge in [0.1, 0.15) is 0 Å². The van der Waals surface area contributed by atoms with Gasteiger partial charge in [-0.3, -0.25) is 0 Å². The van der Waals surface area contributed by atoms with E-state index in [9.17, 15) is 0 Å². The number of para-hydroxylation sites is 2. The Morgan fingerprint density at radius 3 is 1.17 bits per heavy atom. The van der Waals surface area contributed by atoms with Gasteiger partial charge in [0.2, 0.25) is 6.67 Å². The summed E-state index contributed by atoms with van der Waals surface area (Å²) >= 11 is 0. The van der Waals surface area contributed by atoms with Gasteiger partial charge in [-0.1, -0.05) is 12.1 Å². The van der Waals surface area contributed by atoms with Crippen LogP contribution in [-0.2, 0) is 0 Å². The minimum absolute atomic E-state index is 0.377. The maximum atomic E-state index is 4.14. The van der Waals surface area contributed by atoms with Crippen LogP contribution in [0.15, 0.2) is 24.3 Å². The van der Waals surface area contributed by atoms with Gasteiger partial charge in [-0.15, -0.1) is 0 Å². The van der Waals surface area contributed by atoms with E-state index >= 15 is 0 Å². The van der Waals surface area contributed by atoms with E-state index in [-0.39, 0.29) is 0 Å². The van der Waals surface area contributed by atoms with Gasteiger partial charge in [0.05, 0.1) is 11.4 Å². The summed E-state index contributed by atoms with van der Waals surface area (Å²) in [5.74, 6) is 5.94. The summed E-state index contributed by atoms with van der Waals surface area (Å²) < 4.78 is 0. The van der Waals surface area contributed by atoms with Gasteiger partial charge in [0.15, 0.2) is 0 Å². The van der Waals surface area contributed by atoms with E-state index in [0.717, 1.165) is 35.5 Å². The second-order valence-corrected chi connectivity index (χ2v) is 12.5. The lowest BCUT2D eigenvalue weighted by molar-refractivity contribution is -0.00825. The number of hydrogen-bond acceptors (Lipinski definition) is 2. The molecule has 1 aliphatic heterocycles. The summed E-state index contributed by atoms with van der Waals surface area (Å²) in [6.07, 6.45) is 17.7. The summed E-state index contributed by atoms with van der Waals surface area (Å²) in [6.45, 7) is 4.14. The monoisotopic (exact) mass is 386 g/mol. The Hall–Kier alpha value is -1.18. The number of hydrogen-bond donors (Lipinski definition) is 0. The van der Waals surface area contributed by atoms with Crippen LogP contribution in [0.1, 0.15) is 77.0 Å². The van der Waals surface area contributed by atoms with Crippen molar-refractivity contribution in [2.24, 2.45) is 35.5 Å². The highest BCUT2D eigenvalue weighted by Gasteiger charge is 2.59. The van der Waals surface area contributed by atoms with E-state index < -0.39 is 0 Å². The Kier molecular flexibility index (Phi) is 3.04. The van der Waals surface area contributed by atoms with Crippen molar-refractivity contribution in [1.29, 1.82) is 0 Å². The fraction of sp³-hybridized carbons (Fsp3) is 0.741. The SMILES string of the molecule is [C]1N(C23CC4CC(CC(C4)C2)C3)c2ccccc2N1C12CC3CC(CC(C3)C1)C2. The standard InChI is InChI=1S/C27H34N2/c1-2-4-25-24(3-1)28(26-11-18-5-19(12-26)7-20(6-18)13-26)17-29(25)27-14-21-8-22(15-27)10-23(9-21)16-27/h1-4,18-23H,5-16H2. The van der Waals surface area contributed by atoms with Crippen molar-refractivity contribution in [3.63, 3.8) is 0 Å². The van der Waals surface area contributed by atoms with E-state index in [0.29, 0.717) is 11.1 Å². The first-order valence-electron chi connectivity index (χ1n) is 12.6. The Labute approximate surface area is 176 Å². The Balaban J connectivity index is 1.21. The predicted molar refractivity (Wildman–Crippen MR) is 116 cm³/mol. The predicted octanol–water partition coefficient (Wildman–Crippen LogP) is 6.25. The zero-order valence-electron chi connectivity index (χ0n) is 17.7. The van der Waals surface area contributed by atoms with Crippen molar-refractivity contribution >= 4 is 11.4 Å². The first kappa shape index (κ1) is 16.5. The fourth-order valence-electron chi connectivity index (χ4n) is 10.5. The molecule has 9 aliphatic rings. The van der Waals surface area contributed by atoms with Gasteiger partial charge in [0, 0.05) is 11.1 Å². The zero-order valence-corrected chi connectivity index (χ0v) is 17.7. The number of benzene rings is 1. The van der Waals surface area contributed by atoms with E-state index in [4.69, 9.17) is 0 Å². The van der Waals surface area contributed by atoms with Crippen LogP contribution in [0, 0.1) is 42.2 Å². The molecule has 2 heteroatoms. The van der Waals surface area contributed by atoms with Crippen molar-refractivity contribution < 1.29 is 0 Å². The van der Waals surface area contributed by atoms with Crippen LogP contribution in [0.3, 0.4) is 0 Å². The van der Waals surface area contributed by atoms with Crippen molar-refractivity contribution in [3.05, 3.63) is 30.9 Å². The normalized spacial score (nSPS) is 51.2. The third kappa shape index (κ3) is 2.14. The second-order valence-electron chi connectivity index (χ2n) is 12.5. The molecule has 0 spiro atoms. The molecule has 1 aromatic rings. The molecule has 0 N–H and O–H groups in total. The molecular weight excluding hydrogens is 352 g/mol. The van der Waals surface area contributed by atoms with Crippen LogP contribution >= 0.6 is 0 Å². The van der Waals surface area contributed by atoms with Crippen molar-refractivity contribution in [3.8, 4) is 0 Å². The Morgan fingerprint density at radius 2 is 0.862 bits per heavy atom. The number of anilines is 2. The highest BCUT2D eigenvalue weighted by Crippen LogP contribution is 2.64. The highest BCUT2D eigenvalue weighted by molar-refractivity contribution is 5.81. The van der Waals surface area contributed by atoms with E-state index in [1.807, 2.05) is 0 Å². The molecule has 1 aromatic carbocycles. The third-order valence-corrected chi connectivity index (χ3v) is 10.5. The van der Waals surface area contributed by atoms with Gasteiger partial charge >= 0.3 is 0 Å². The molecule has 0 aromatic heterocycles. The summed E-state index contributed by atoms with van der Waals surface area (Å²) in [4.78, 5) is 5.46. The molecule has 8 saturated carbocycles. The Morgan fingerprint density at radius 1 is 0.552 bits per heavy atom. The molecule has 8 bridgehead atoms. The molecule has 2 radical (unpaired) electrons. The lowest BCUT2D eigenvalue weighted by Gasteiger charge is -2.61. The molecule has 0 atom stereocenters. The molecule has 2 nitrogen and oxygen atoms in total. The smallest absolute Gasteiger partial charge is 0.209 e.